The molecular weight excluding hydrogens is 328 g/mol. The van der Waals surface area contributed by atoms with Crippen LogP contribution in [0.1, 0.15) is 21.7 Å². The van der Waals surface area contributed by atoms with Gasteiger partial charge in [0.1, 0.15) is 5.82 Å². The van der Waals surface area contributed by atoms with Crippen molar-refractivity contribution in [2.75, 3.05) is 6.54 Å². The van der Waals surface area contributed by atoms with Crippen molar-refractivity contribution in [3.63, 3.8) is 0 Å². The van der Waals surface area contributed by atoms with E-state index in [1.165, 1.54) is 11.6 Å². The number of aryl methyl sites for hydroxylation is 1. The van der Waals surface area contributed by atoms with Crippen LogP contribution in [0.15, 0.2) is 53.3 Å². The smallest absolute Gasteiger partial charge is 0.252 e. The second-order valence-corrected chi connectivity index (χ2v) is 6.30. The van der Waals surface area contributed by atoms with Crippen molar-refractivity contribution in [1.82, 2.24) is 20.3 Å². The van der Waals surface area contributed by atoms with Crippen LogP contribution in [0.2, 0.25) is 0 Å². The lowest BCUT2D eigenvalue weighted by Gasteiger charge is -2.07. The average Bonchev–Trinajstić information content (AvgIpc) is 3.02. The number of carbonyl (C=O) groups excluding carboxylic acids is 1. The molecule has 0 spiro atoms. The minimum Gasteiger partial charge on any atom is -0.352 e. The van der Waals surface area contributed by atoms with Crippen LogP contribution in [0.3, 0.4) is 0 Å². The number of amides is 1. The zero-order valence-electron chi connectivity index (χ0n) is 14.3. The van der Waals surface area contributed by atoms with E-state index in [0.717, 1.165) is 22.2 Å². The molecule has 0 unspecified atom stereocenters. The van der Waals surface area contributed by atoms with Gasteiger partial charge >= 0.3 is 0 Å². The number of rotatable bonds is 4. The third kappa shape index (κ3) is 3.09. The lowest BCUT2D eigenvalue weighted by Crippen LogP contribution is -2.27. The molecule has 0 radical (unpaired) electrons. The first kappa shape index (κ1) is 16.1. The van der Waals surface area contributed by atoms with E-state index in [-0.39, 0.29) is 11.5 Å². The number of benzene rings is 2. The number of imidazole rings is 1. The van der Waals surface area contributed by atoms with Gasteiger partial charge in [-0.3, -0.25) is 9.59 Å². The van der Waals surface area contributed by atoms with Gasteiger partial charge in [-0.1, -0.05) is 24.3 Å². The molecule has 130 valence electrons. The molecular formula is C20H18N4O2. The number of nitrogens with zero attached hydrogens (tertiary/aromatic N) is 1. The molecule has 0 atom stereocenters. The molecule has 0 aliphatic carbocycles. The average molecular weight is 346 g/mol. The highest BCUT2D eigenvalue weighted by atomic mass is 16.2. The molecule has 26 heavy (non-hydrogen) atoms. The summed E-state index contributed by atoms with van der Waals surface area (Å²) in [5.41, 5.74) is 3.82. The number of fused-ring (bicyclic) bond motifs is 2. The highest BCUT2D eigenvalue weighted by molar-refractivity contribution is 6.05. The zero-order chi connectivity index (χ0) is 18.1. The Morgan fingerprint density at radius 2 is 1.92 bits per heavy atom. The Morgan fingerprint density at radius 3 is 2.81 bits per heavy atom. The Hall–Kier alpha value is -3.41. The molecule has 6 nitrogen and oxygen atoms in total. The Labute approximate surface area is 149 Å². The number of pyridine rings is 1. The topological polar surface area (TPSA) is 90.6 Å². The Morgan fingerprint density at radius 1 is 1.08 bits per heavy atom. The minimum atomic E-state index is -0.290. The molecule has 3 N–H and O–H groups in total. The van der Waals surface area contributed by atoms with Crippen LogP contribution in [0, 0.1) is 6.92 Å². The molecule has 1 amide bonds. The van der Waals surface area contributed by atoms with Crippen LogP contribution in [0.5, 0.6) is 0 Å². The normalized spacial score (nSPS) is 11.1. The third-order valence-corrected chi connectivity index (χ3v) is 4.33. The quantitative estimate of drug-likeness (QED) is 0.531. The number of H-pyrrole nitrogens is 2. The maximum Gasteiger partial charge on any atom is 0.252 e. The van der Waals surface area contributed by atoms with Crippen molar-refractivity contribution in [3.05, 3.63) is 75.8 Å². The fourth-order valence-electron chi connectivity index (χ4n) is 3.08. The molecule has 0 saturated carbocycles. The van der Waals surface area contributed by atoms with Crippen molar-refractivity contribution >= 4 is 27.8 Å². The van der Waals surface area contributed by atoms with Crippen molar-refractivity contribution in [2.45, 2.75) is 13.3 Å². The summed E-state index contributed by atoms with van der Waals surface area (Å²) in [6.45, 7) is 2.46. The fourth-order valence-corrected chi connectivity index (χ4v) is 3.08. The van der Waals surface area contributed by atoms with Crippen LogP contribution in [-0.4, -0.2) is 27.4 Å². The number of hydrogen-bond donors (Lipinski definition) is 3. The first-order chi connectivity index (χ1) is 12.6. The summed E-state index contributed by atoms with van der Waals surface area (Å²) in [6, 6.07) is 14.6. The molecule has 0 saturated heterocycles. The molecule has 6 heteroatoms. The van der Waals surface area contributed by atoms with Crippen molar-refractivity contribution in [2.24, 2.45) is 0 Å². The van der Waals surface area contributed by atoms with Gasteiger partial charge in [-0.2, -0.15) is 0 Å². The van der Waals surface area contributed by atoms with E-state index in [9.17, 15) is 9.59 Å². The van der Waals surface area contributed by atoms with Crippen LogP contribution in [-0.2, 0) is 6.42 Å². The number of hydrogen-bond acceptors (Lipinski definition) is 3. The lowest BCUT2D eigenvalue weighted by molar-refractivity contribution is 0.0955. The van der Waals surface area contributed by atoms with Gasteiger partial charge in [0.05, 0.1) is 16.6 Å². The Kier molecular flexibility index (Phi) is 4.01. The molecule has 2 aromatic carbocycles. The molecule has 2 aromatic heterocycles. The van der Waals surface area contributed by atoms with Gasteiger partial charge in [-0.15, -0.1) is 0 Å². The van der Waals surface area contributed by atoms with E-state index in [4.69, 9.17) is 0 Å². The van der Waals surface area contributed by atoms with Crippen molar-refractivity contribution in [1.29, 1.82) is 0 Å². The third-order valence-electron chi connectivity index (χ3n) is 4.33. The number of aromatic amines is 2. The molecule has 0 aliphatic rings. The van der Waals surface area contributed by atoms with Crippen LogP contribution >= 0.6 is 0 Å². The summed E-state index contributed by atoms with van der Waals surface area (Å²) in [6.07, 6.45) is 0.584. The Bertz CT molecular complexity index is 1170. The molecule has 4 aromatic rings. The van der Waals surface area contributed by atoms with Crippen LogP contribution in [0.4, 0.5) is 0 Å². The predicted molar refractivity (Wildman–Crippen MR) is 101 cm³/mol. The molecule has 2 heterocycles. The van der Waals surface area contributed by atoms with E-state index in [1.54, 1.807) is 6.07 Å². The van der Waals surface area contributed by atoms with E-state index in [0.29, 0.717) is 24.0 Å². The monoisotopic (exact) mass is 346 g/mol. The first-order valence-electron chi connectivity index (χ1n) is 8.46. The largest absolute Gasteiger partial charge is 0.352 e. The van der Waals surface area contributed by atoms with Gasteiger partial charge in [0.2, 0.25) is 5.56 Å². The highest BCUT2D eigenvalue weighted by Gasteiger charge is 2.11. The first-order valence-corrected chi connectivity index (χ1v) is 8.46. The van der Waals surface area contributed by atoms with Gasteiger partial charge in [0, 0.05) is 29.9 Å². The maximum atomic E-state index is 12.5. The second-order valence-electron chi connectivity index (χ2n) is 6.30. The molecule has 0 aliphatic heterocycles. The van der Waals surface area contributed by atoms with E-state index in [1.807, 2.05) is 43.3 Å². The van der Waals surface area contributed by atoms with Gasteiger partial charge in [0.15, 0.2) is 0 Å². The fraction of sp³-hybridized carbons (Fsp3) is 0.150. The SMILES string of the molecule is Cc1ccc2nc(CCNC(=O)c3cc(=O)[nH]c4ccccc34)[nH]c2c1. The van der Waals surface area contributed by atoms with Gasteiger partial charge in [-0.05, 0) is 30.7 Å². The van der Waals surface area contributed by atoms with Crippen LogP contribution in [0.25, 0.3) is 21.9 Å². The predicted octanol–water partition coefficient (Wildman–Crippen LogP) is 2.69. The summed E-state index contributed by atoms with van der Waals surface area (Å²) >= 11 is 0. The van der Waals surface area contributed by atoms with E-state index < -0.39 is 0 Å². The van der Waals surface area contributed by atoms with Gasteiger partial charge in [-0.25, -0.2) is 4.98 Å². The van der Waals surface area contributed by atoms with E-state index >= 15 is 0 Å². The number of nitrogens with one attached hydrogen (secondary N) is 3. The summed E-state index contributed by atoms with van der Waals surface area (Å²) in [5.74, 6) is 0.556. The second kappa shape index (κ2) is 6.48. The minimum absolute atomic E-state index is 0.265. The zero-order valence-corrected chi connectivity index (χ0v) is 14.3. The summed E-state index contributed by atoms with van der Waals surface area (Å²) < 4.78 is 0. The van der Waals surface area contributed by atoms with Crippen molar-refractivity contribution < 1.29 is 4.79 Å². The molecule has 0 fully saturated rings. The molecule has 4 rings (SSSR count). The number of carbonyl (C=O) groups is 1. The summed E-state index contributed by atoms with van der Waals surface area (Å²) in [4.78, 5) is 34.8. The van der Waals surface area contributed by atoms with Gasteiger partial charge in [0.25, 0.3) is 5.91 Å². The van der Waals surface area contributed by atoms with Crippen LogP contribution < -0.4 is 10.9 Å². The van der Waals surface area contributed by atoms with E-state index in [2.05, 4.69) is 20.3 Å². The standard InChI is InChI=1S/C20H18N4O2/c1-12-6-7-16-17(10-12)23-18(22-16)8-9-21-20(26)14-11-19(25)24-15-5-3-2-4-13(14)15/h2-7,10-11H,8-9H2,1H3,(H,21,26)(H,22,23)(H,24,25). The lowest BCUT2D eigenvalue weighted by atomic mass is 10.1. The summed E-state index contributed by atoms with van der Waals surface area (Å²) in [5, 5.41) is 3.60. The highest BCUT2D eigenvalue weighted by Crippen LogP contribution is 2.15. The van der Waals surface area contributed by atoms with Gasteiger partial charge < -0.3 is 15.3 Å². The Balaban J connectivity index is 1.49. The van der Waals surface area contributed by atoms with Crippen molar-refractivity contribution in [3.8, 4) is 0 Å². The summed E-state index contributed by atoms with van der Waals surface area (Å²) in [7, 11) is 0. The number of aromatic nitrogens is 3. The number of para-hydroxylation sites is 1. The maximum absolute atomic E-state index is 12.5. The molecule has 0 bridgehead atoms.